The molecule has 0 aliphatic carbocycles. The molecule has 2 aliphatic heterocycles. The molecule has 0 N–H and O–H groups in total. The molecule has 0 aromatic rings. The van der Waals surface area contributed by atoms with E-state index in [-0.39, 0.29) is 0 Å². The molecule has 0 radical (unpaired) electrons. The van der Waals surface area contributed by atoms with Gasteiger partial charge in [-0.25, -0.2) is 0 Å². The first-order valence-corrected chi connectivity index (χ1v) is 5.25. The van der Waals surface area contributed by atoms with Gasteiger partial charge in [-0.05, 0) is 26.4 Å². The van der Waals surface area contributed by atoms with E-state index in [1.165, 1.54) is 38.9 Å². The van der Waals surface area contributed by atoms with Gasteiger partial charge in [-0.3, -0.25) is 4.90 Å². The third-order valence-corrected chi connectivity index (χ3v) is 3.42. The number of nitrogens with zero attached hydrogens (tertiary/aromatic N) is 2. The van der Waals surface area contributed by atoms with Crippen molar-refractivity contribution in [2.45, 2.75) is 38.3 Å². The number of likely N-dealkylation sites (tertiary alicyclic amines) is 1. The maximum Gasteiger partial charge on any atom is 0.0226 e. The van der Waals surface area contributed by atoms with Crippen LogP contribution >= 0.6 is 0 Å². The molecule has 2 atom stereocenters. The quantitative estimate of drug-likeness (QED) is 0.580. The average Bonchev–Trinajstić information content (AvgIpc) is 2.02. The number of hydrogen-bond donors (Lipinski definition) is 0. The Morgan fingerprint density at radius 3 is 2.25 bits per heavy atom. The molecule has 0 spiro atoms. The van der Waals surface area contributed by atoms with Crippen molar-refractivity contribution in [3.05, 3.63) is 0 Å². The Labute approximate surface area is 75.5 Å². The van der Waals surface area contributed by atoms with E-state index in [9.17, 15) is 0 Å². The molecule has 0 saturated carbocycles. The fourth-order valence-electron chi connectivity index (χ4n) is 2.92. The van der Waals surface area contributed by atoms with Gasteiger partial charge in [-0.1, -0.05) is 13.3 Å². The molecular weight excluding hydrogens is 148 g/mol. The van der Waals surface area contributed by atoms with E-state index in [1.807, 2.05) is 0 Å². The van der Waals surface area contributed by atoms with Crippen molar-refractivity contribution in [2.75, 3.05) is 26.7 Å². The number of likely N-dealkylation sites (N-methyl/N-ethyl adjacent to an activating group) is 2. The van der Waals surface area contributed by atoms with Crippen LogP contribution in [-0.4, -0.2) is 48.6 Å². The Bertz CT molecular complexity index is 144. The number of hydrogen-bond acceptors (Lipinski definition) is 2. The normalized spacial score (nSPS) is 38.5. The van der Waals surface area contributed by atoms with E-state index in [1.54, 1.807) is 0 Å². The predicted octanol–water partition coefficient (Wildman–Crippen LogP) is 1.17. The minimum Gasteiger partial charge on any atom is -0.303 e. The minimum atomic E-state index is 0.868. The van der Waals surface area contributed by atoms with Crippen molar-refractivity contribution in [1.82, 2.24) is 9.80 Å². The van der Waals surface area contributed by atoms with Crippen LogP contribution in [0.25, 0.3) is 0 Å². The van der Waals surface area contributed by atoms with E-state index in [0.717, 1.165) is 12.1 Å². The second-order valence-corrected chi connectivity index (χ2v) is 4.29. The van der Waals surface area contributed by atoms with E-state index >= 15 is 0 Å². The summed E-state index contributed by atoms with van der Waals surface area (Å²) in [6.07, 6.45) is 4.31. The highest BCUT2D eigenvalue weighted by molar-refractivity contribution is 4.91. The van der Waals surface area contributed by atoms with Crippen molar-refractivity contribution >= 4 is 0 Å². The van der Waals surface area contributed by atoms with Crippen LogP contribution in [0.2, 0.25) is 0 Å². The summed E-state index contributed by atoms with van der Waals surface area (Å²) < 4.78 is 0. The first-order chi connectivity index (χ1) is 5.81. The highest BCUT2D eigenvalue weighted by Gasteiger charge is 2.34. The number of piperazine rings is 1. The third-order valence-electron chi connectivity index (χ3n) is 3.42. The van der Waals surface area contributed by atoms with Gasteiger partial charge in [0.15, 0.2) is 0 Å². The summed E-state index contributed by atoms with van der Waals surface area (Å²) in [6, 6.07) is 1.74. The molecule has 70 valence electrons. The van der Waals surface area contributed by atoms with Gasteiger partial charge in [0.25, 0.3) is 0 Å². The van der Waals surface area contributed by atoms with Crippen LogP contribution in [0.5, 0.6) is 0 Å². The van der Waals surface area contributed by atoms with Crippen molar-refractivity contribution in [3.63, 3.8) is 0 Å². The van der Waals surface area contributed by atoms with Crippen molar-refractivity contribution in [1.29, 1.82) is 0 Å². The van der Waals surface area contributed by atoms with Gasteiger partial charge < -0.3 is 4.90 Å². The largest absolute Gasteiger partial charge is 0.303 e. The van der Waals surface area contributed by atoms with Gasteiger partial charge in [-0.2, -0.15) is 0 Å². The Morgan fingerprint density at radius 1 is 1.17 bits per heavy atom. The molecule has 2 unspecified atom stereocenters. The maximum atomic E-state index is 2.71. The lowest BCUT2D eigenvalue weighted by atomic mass is 9.92. The first kappa shape index (κ1) is 8.52. The number of fused-ring (bicyclic) bond motifs is 2. The van der Waals surface area contributed by atoms with Crippen molar-refractivity contribution in [2.24, 2.45) is 0 Å². The highest BCUT2D eigenvalue weighted by Crippen LogP contribution is 2.27. The van der Waals surface area contributed by atoms with E-state index < -0.39 is 0 Å². The SMILES string of the molecule is CCN1C2CCCC1CN(C)C2. The molecule has 0 aromatic carbocycles. The zero-order valence-electron chi connectivity index (χ0n) is 8.29. The van der Waals surface area contributed by atoms with E-state index in [2.05, 4.69) is 23.8 Å². The average molecular weight is 168 g/mol. The molecule has 2 aliphatic rings. The summed E-state index contributed by atoms with van der Waals surface area (Å²) in [5, 5.41) is 0. The van der Waals surface area contributed by atoms with Gasteiger partial charge in [0.2, 0.25) is 0 Å². The van der Waals surface area contributed by atoms with E-state index in [4.69, 9.17) is 0 Å². The lowest BCUT2D eigenvalue weighted by Crippen LogP contribution is -2.59. The standard InChI is InChI=1S/C10H20N2/c1-3-12-9-5-4-6-10(12)8-11(2)7-9/h9-10H,3-8H2,1-2H3. The summed E-state index contributed by atoms with van der Waals surface area (Å²) in [6.45, 7) is 6.15. The molecule has 2 nitrogen and oxygen atoms in total. The molecule has 2 fully saturated rings. The third kappa shape index (κ3) is 1.38. The van der Waals surface area contributed by atoms with Gasteiger partial charge in [-0.15, -0.1) is 0 Å². The Kier molecular flexibility index (Phi) is 2.37. The molecule has 2 rings (SSSR count). The van der Waals surface area contributed by atoms with Crippen molar-refractivity contribution in [3.8, 4) is 0 Å². The smallest absolute Gasteiger partial charge is 0.0226 e. The fourth-order valence-corrected chi connectivity index (χ4v) is 2.92. The van der Waals surface area contributed by atoms with Gasteiger partial charge in [0, 0.05) is 25.2 Å². The molecule has 0 amide bonds. The molecule has 2 heteroatoms. The summed E-state index contributed by atoms with van der Waals surface area (Å²) in [7, 11) is 2.26. The summed E-state index contributed by atoms with van der Waals surface area (Å²) in [5.74, 6) is 0. The zero-order chi connectivity index (χ0) is 8.55. The highest BCUT2D eigenvalue weighted by atomic mass is 15.3. The Hall–Kier alpha value is -0.0800. The van der Waals surface area contributed by atoms with Crippen LogP contribution < -0.4 is 0 Å². The summed E-state index contributed by atoms with van der Waals surface area (Å²) in [5.41, 5.74) is 0. The lowest BCUT2D eigenvalue weighted by Gasteiger charge is -2.49. The second-order valence-electron chi connectivity index (χ2n) is 4.29. The summed E-state index contributed by atoms with van der Waals surface area (Å²) in [4.78, 5) is 5.21. The fraction of sp³-hybridized carbons (Fsp3) is 1.00. The first-order valence-electron chi connectivity index (χ1n) is 5.25. The Morgan fingerprint density at radius 2 is 1.75 bits per heavy atom. The molecular formula is C10H20N2. The van der Waals surface area contributed by atoms with Crippen LogP contribution in [0.1, 0.15) is 26.2 Å². The van der Waals surface area contributed by atoms with Gasteiger partial charge >= 0.3 is 0 Å². The number of rotatable bonds is 1. The Balaban J connectivity index is 2.06. The minimum absolute atomic E-state index is 0.868. The number of piperidine rings is 1. The maximum absolute atomic E-state index is 2.71. The molecule has 2 heterocycles. The van der Waals surface area contributed by atoms with Gasteiger partial charge in [0.1, 0.15) is 0 Å². The topological polar surface area (TPSA) is 6.48 Å². The van der Waals surface area contributed by atoms with Gasteiger partial charge in [0.05, 0.1) is 0 Å². The predicted molar refractivity (Wildman–Crippen MR) is 51.3 cm³/mol. The second kappa shape index (κ2) is 3.35. The molecule has 2 saturated heterocycles. The van der Waals surface area contributed by atoms with Crippen molar-refractivity contribution < 1.29 is 0 Å². The van der Waals surface area contributed by atoms with Crippen LogP contribution in [0.4, 0.5) is 0 Å². The van der Waals surface area contributed by atoms with Crippen LogP contribution in [-0.2, 0) is 0 Å². The lowest BCUT2D eigenvalue weighted by molar-refractivity contribution is 0.00525. The summed E-state index contributed by atoms with van der Waals surface area (Å²) >= 11 is 0. The zero-order valence-corrected chi connectivity index (χ0v) is 8.29. The van der Waals surface area contributed by atoms with Crippen LogP contribution in [0, 0.1) is 0 Å². The monoisotopic (exact) mass is 168 g/mol. The molecule has 2 bridgehead atoms. The molecule has 0 aromatic heterocycles. The van der Waals surface area contributed by atoms with Crippen LogP contribution in [0.3, 0.4) is 0 Å². The van der Waals surface area contributed by atoms with E-state index in [0.29, 0.717) is 0 Å². The molecule has 12 heavy (non-hydrogen) atoms. The van der Waals surface area contributed by atoms with Crippen LogP contribution in [0.15, 0.2) is 0 Å².